The smallest absolute Gasteiger partial charge is 0.255 e. The molecule has 1 aliphatic heterocycles. The van der Waals surface area contributed by atoms with Crippen LogP contribution in [-0.4, -0.2) is 51.3 Å². The Morgan fingerprint density at radius 3 is 2.61 bits per heavy atom. The highest BCUT2D eigenvalue weighted by Crippen LogP contribution is 2.42. The zero-order valence-corrected chi connectivity index (χ0v) is 24.0. The average Bonchev–Trinajstić information content (AvgIpc) is 3.57. The van der Waals surface area contributed by atoms with Gasteiger partial charge >= 0.3 is 0 Å². The Bertz CT molecular complexity index is 1890. The minimum atomic E-state index is -3.68. The molecule has 5 aromatic rings. The van der Waals surface area contributed by atoms with Crippen LogP contribution in [0.25, 0.3) is 44.1 Å². The van der Waals surface area contributed by atoms with Crippen molar-refractivity contribution in [3.63, 3.8) is 0 Å². The molecule has 1 aliphatic rings. The summed E-state index contributed by atoms with van der Waals surface area (Å²) < 4.78 is 51.9. The molecule has 4 heterocycles. The quantitative estimate of drug-likeness (QED) is 0.286. The van der Waals surface area contributed by atoms with Crippen LogP contribution in [0.3, 0.4) is 0 Å². The highest BCUT2D eigenvalue weighted by Gasteiger charge is 2.26. The number of amides is 1. The van der Waals surface area contributed by atoms with Crippen LogP contribution in [0.5, 0.6) is 0 Å². The summed E-state index contributed by atoms with van der Waals surface area (Å²) in [6.07, 6.45) is 3.51. The second-order valence-electron chi connectivity index (χ2n) is 9.61. The molecule has 6 rings (SSSR count). The predicted molar refractivity (Wildman–Crippen MR) is 156 cm³/mol. The normalized spacial score (nSPS) is 13.3. The zero-order chi connectivity index (χ0) is 28.9. The summed E-state index contributed by atoms with van der Waals surface area (Å²) in [5.74, 6) is -0.595. The number of carbonyl (C=O) groups is 1. The highest BCUT2D eigenvalue weighted by atomic mass is 32.2. The predicted octanol–water partition coefficient (Wildman–Crippen LogP) is 5.25. The number of furan rings is 1. The maximum Gasteiger partial charge on any atom is 0.255 e. The van der Waals surface area contributed by atoms with E-state index in [1.165, 1.54) is 38.4 Å². The first-order valence-electron chi connectivity index (χ1n) is 12.7. The van der Waals surface area contributed by atoms with Crippen LogP contribution in [0.1, 0.15) is 20.9 Å². The number of ether oxygens (including phenoxy) is 1. The van der Waals surface area contributed by atoms with Gasteiger partial charge in [-0.1, -0.05) is 0 Å². The van der Waals surface area contributed by atoms with Crippen LogP contribution in [-0.2, 0) is 27.8 Å². The second-order valence-corrected chi connectivity index (χ2v) is 12.7. The third-order valence-corrected chi connectivity index (χ3v) is 9.29. The van der Waals surface area contributed by atoms with Gasteiger partial charge in [-0.15, -0.1) is 11.3 Å². The van der Waals surface area contributed by atoms with Crippen molar-refractivity contribution in [1.82, 2.24) is 15.3 Å². The Morgan fingerprint density at radius 2 is 1.90 bits per heavy atom. The SMILES string of the molecule is CNC(=O)c1c(-c2ccc(F)cc2)oc2cc(N(C)S(C)(=O)=O)c(-c3cc(-c4nc5c(s4)COCC5)ccn3)cc12. The molecule has 1 amide bonds. The summed E-state index contributed by atoms with van der Waals surface area (Å²) in [7, 11) is -0.729. The third-order valence-electron chi connectivity index (χ3n) is 6.98. The maximum absolute atomic E-state index is 13.7. The van der Waals surface area contributed by atoms with Gasteiger partial charge < -0.3 is 14.5 Å². The number of fused-ring (bicyclic) bond motifs is 2. The molecule has 0 atom stereocenters. The molecular formula is C29H25FN4O5S2. The van der Waals surface area contributed by atoms with E-state index in [0.717, 1.165) is 38.1 Å². The summed E-state index contributed by atoms with van der Waals surface area (Å²) in [5.41, 5.74) is 4.18. The van der Waals surface area contributed by atoms with E-state index < -0.39 is 21.7 Å². The molecule has 0 radical (unpaired) electrons. The van der Waals surface area contributed by atoms with Gasteiger partial charge in [0.15, 0.2) is 0 Å². The third kappa shape index (κ3) is 4.98. The van der Waals surface area contributed by atoms with Crippen LogP contribution in [0.15, 0.2) is 59.1 Å². The molecule has 0 fully saturated rings. The number of pyridine rings is 1. The van der Waals surface area contributed by atoms with Crippen LogP contribution < -0.4 is 9.62 Å². The van der Waals surface area contributed by atoms with Crippen LogP contribution >= 0.6 is 11.3 Å². The molecule has 0 spiro atoms. The number of hydrogen-bond donors (Lipinski definition) is 1. The van der Waals surface area contributed by atoms with Gasteiger partial charge in [0, 0.05) is 54.9 Å². The number of sulfonamides is 1. The summed E-state index contributed by atoms with van der Waals surface area (Å²) in [4.78, 5) is 23.6. The molecular weight excluding hydrogens is 567 g/mol. The highest BCUT2D eigenvalue weighted by molar-refractivity contribution is 7.92. The fraction of sp³-hybridized carbons (Fsp3) is 0.207. The van der Waals surface area contributed by atoms with E-state index in [4.69, 9.17) is 14.1 Å². The first-order chi connectivity index (χ1) is 19.6. The van der Waals surface area contributed by atoms with Gasteiger partial charge in [-0.3, -0.25) is 14.1 Å². The molecule has 0 unspecified atom stereocenters. The molecule has 0 saturated heterocycles. The fourth-order valence-corrected chi connectivity index (χ4v) is 6.34. The Kier molecular flexibility index (Phi) is 6.84. The minimum absolute atomic E-state index is 0.238. The molecule has 9 nitrogen and oxygen atoms in total. The number of anilines is 1. The van der Waals surface area contributed by atoms with Crippen molar-refractivity contribution < 1.29 is 26.8 Å². The average molecular weight is 593 g/mol. The Morgan fingerprint density at radius 1 is 1.12 bits per heavy atom. The van der Waals surface area contributed by atoms with E-state index in [2.05, 4.69) is 10.3 Å². The molecule has 0 aliphatic carbocycles. The van der Waals surface area contributed by atoms with Crippen LogP contribution in [0.4, 0.5) is 10.1 Å². The van der Waals surface area contributed by atoms with Crippen molar-refractivity contribution in [2.24, 2.45) is 0 Å². The topological polar surface area (TPSA) is 115 Å². The maximum atomic E-state index is 13.7. The number of rotatable bonds is 6. The molecule has 41 heavy (non-hydrogen) atoms. The van der Waals surface area contributed by atoms with E-state index in [9.17, 15) is 17.6 Å². The number of aromatic nitrogens is 2. The van der Waals surface area contributed by atoms with E-state index in [-0.39, 0.29) is 11.3 Å². The van der Waals surface area contributed by atoms with E-state index in [1.54, 1.807) is 29.7 Å². The first kappa shape index (κ1) is 27.1. The molecule has 210 valence electrons. The summed E-state index contributed by atoms with van der Waals surface area (Å²) in [6, 6.07) is 12.6. The summed E-state index contributed by atoms with van der Waals surface area (Å²) >= 11 is 1.56. The first-order valence-corrected chi connectivity index (χ1v) is 15.4. The van der Waals surface area contributed by atoms with Crippen molar-refractivity contribution in [3.05, 3.63) is 76.7 Å². The molecule has 3 aromatic heterocycles. The summed E-state index contributed by atoms with van der Waals surface area (Å²) in [5, 5.41) is 3.92. The van der Waals surface area contributed by atoms with Crippen molar-refractivity contribution in [2.75, 3.05) is 31.3 Å². The Hall–Kier alpha value is -4.13. The number of thiazole rings is 1. The lowest BCUT2D eigenvalue weighted by atomic mass is 10.00. The fourth-order valence-electron chi connectivity index (χ4n) is 4.79. The zero-order valence-electron chi connectivity index (χ0n) is 22.4. The van der Waals surface area contributed by atoms with Crippen molar-refractivity contribution in [3.8, 4) is 33.2 Å². The van der Waals surface area contributed by atoms with Gasteiger partial charge in [0.25, 0.3) is 5.91 Å². The lowest BCUT2D eigenvalue weighted by molar-refractivity contribution is 0.0964. The molecule has 12 heteroatoms. The number of nitrogens with one attached hydrogen (secondary N) is 1. The standard InChI is InChI=1S/C29H25FN4O5S2/c1-31-28(35)26-20-13-19(22-12-17(8-10-32-22)29-33-21-9-11-38-15-25(21)40-29)23(34(2)41(3,36)37)14-24(20)39-27(26)16-4-6-18(30)7-5-16/h4-8,10,12-14H,9,11,15H2,1-3H3,(H,31,35). The van der Waals surface area contributed by atoms with Crippen molar-refractivity contribution in [2.45, 2.75) is 13.0 Å². The minimum Gasteiger partial charge on any atom is -0.455 e. The summed E-state index contributed by atoms with van der Waals surface area (Å²) in [6.45, 7) is 1.17. The molecule has 2 aromatic carbocycles. The number of nitrogens with zero attached hydrogens (tertiary/aromatic N) is 3. The van der Waals surface area contributed by atoms with E-state index >= 15 is 0 Å². The lowest BCUT2D eigenvalue weighted by Gasteiger charge is -2.20. The van der Waals surface area contributed by atoms with Gasteiger partial charge in [0.05, 0.1) is 47.0 Å². The van der Waals surface area contributed by atoms with Crippen molar-refractivity contribution >= 4 is 43.9 Å². The molecule has 0 saturated carbocycles. The number of benzene rings is 2. The number of carbonyl (C=O) groups excluding carboxylic acids is 1. The molecule has 0 bridgehead atoms. The molecule has 1 N–H and O–H groups in total. The van der Waals surface area contributed by atoms with Gasteiger partial charge in [0.2, 0.25) is 10.0 Å². The second kappa shape index (κ2) is 10.4. The van der Waals surface area contributed by atoms with Gasteiger partial charge in [-0.2, -0.15) is 0 Å². The van der Waals surface area contributed by atoms with Crippen LogP contribution in [0, 0.1) is 5.82 Å². The number of hydrogen-bond acceptors (Lipinski definition) is 8. The van der Waals surface area contributed by atoms with Crippen molar-refractivity contribution in [1.29, 1.82) is 0 Å². The number of halogens is 1. The van der Waals surface area contributed by atoms with E-state index in [1.807, 2.05) is 12.1 Å². The van der Waals surface area contributed by atoms with Gasteiger partial charge in [0.1, 0.15) is 22.2 Å². The Balaban J connectivity index is 1.58. The van der Waals surface area contributed by atoms with E-state index in [0.29, 0.717) is 46.7 Å². The largest absolute Gasteiger partial charge is 0.455 e. The van der Waals surface area contributed by atoms with Crippen LogP contribution in [0.2, 0.25) is 0 Å². The van der Waals surface area contributed by atoms with Gasteiger partial charge in [-0.25, -0.2) is 17.8 Å². The lowest BCUT2D eigenvalue weighted by Crippen LogP contribution is -2.25. The Labute approximate surface area is 239 Å². The monoisotopic (exact) mass is 592 g/mol. The van der Waals surface area contributed by atoms with Gasteiger partial charge in [-0.05, 0) is 42.5 Å².